The second-order valence-electron chi connectivity index (χ2n) is 6.53. The summed E-state index contributed by atoms with van der Waals surface area (Å²) in [5, 5.41) is 13.5. The van der Waals surface area contributed by atoms with Crippen molar-refractivity contribution in [1.82, 2.24) is 15.6 Å². The van der Waals surface area contributed by atoms with E-state index in [1.54, 1.807) is 13.2 Å². The van der Waals surface area contributed by atoms with E-state index in [9.17, 15) is 4.79 Å². The number of nitrogens with zero attached hydrogens (tertiary/aromatic N) is 2. The topological polar surface area (TPSA) is 79.4 Å². The largest absolute Gasteiger partial charge is 0.496 e. The summed E-state index contributed by atoms with van der Waals surface area (Å²) >= 11 is 0. The molecule has 0 spiro atoms. The van der Waals surface area contributed by atoms with Crippen LogP contribution in [-0.2, 0) is 0 Å². The first-order valence-corrected chi connectivity index (χ1v) is 9.19. The number of benzene rings is 3. The van der Waals surface area contributed by atoms with Crippen molar-refractivity contribution in [3.05, 3.63) is 84.1 Å². The smallest absolute Gasteiger partial charge is 0.289 e. The summed E-state index contributed by atoms with van der Waals surface area (Å²) in [4.78, 5) is 12.5. The van der Waals surface area contributed by atoms with Gasteiger partial charge in [0.25, 0.3) is 5.91 Å². The van der Waals surface area contributed by atoms with Crippen molar-refractivity contribution in [2.75, 3.05) is 7.11 Å². The van der Waals surface area contributed by atoms with Crippen molar-refractivity contribution in [3.63, 3.8) is 0 Å². The minimum Gasteiger partial charge on any atom is -0.496 e. The average molecular weight is 384 g/mol. The highest BCUT2D eigenvalue weighted by atomic mass is 16.5. The van der Waals surface area contributed by atoms with Crippen LogP contribution in [0.2, 0.25) is 0 Å². The summed E-state index contributed by atoms with van der Waals surface area (Å²) in [6.45, 7) is 1.87. The van der Waals surface area contributed by atoms with Gasteiger partial charge in [-0.15, -0.1) is 0 Å². The normalized spacial score (nSPS) is 11.4. The number of carbonyl (C=O) groups excluding carboxylic acids is 1. The maximum atomic E-state index is 12.5. The third-order valence-electron chi connectivity index (χ3n) is 4.71. The highest BCUT2D eigenvalue weighted by Gasteiger charge is 2.13. The standard InChI is InChI=1S/C23H20N4O2/c1-15(17-12-7-9-16-8-3-4-10-18(16)17)24-27-23(28)21-14-20(25-26-21)19-11-5-6-13-22(19)29-2/h3-14H,1-2H3,(H,25,26)(H,27,28)/b24-15+. The molecule has 0 aliphatic carbocycles. The minimum absolute atomic E-state index is 0.320. The molecule has 1 heterocycles. The molecule has 1 amide bonds. The lowest BCUT2D eigenvalue weighted by molar-refractivity contribution is 0.0950. The van der Waals surface area contributed by atoms with Gasteiger partial charge in [0.2, 0.25) is 0 Å². The Labute approximate surface area is 168 Å². The predicted molar refractivity (Wildman–Crippen MR) is 114 cm³/mol. The van der Waals surface area contributed by atoms with Crippen molar-refractivity contribution in [2.45, 2.75) is 6.92 Å². The fraction of sp³-hybridized carbons (Fsp3) is 0.0870. The van der Waals surface area contributed by atoms with Gasteiger partial charge in [0, 0.05) is 11.1 Å². The van der Waals surface area contributed by atoms with Gasteiger partial charge in [0.1, 0.15) is 11.4 Å². The van der Waals surface area contributed by atoms with Crippen LogP contribution < -0.4 is 10.2 Å². The van der Waals surface area contributed by atoms with Crippen molar-refractivity contribution < 1.29 is 9.53 Å². The Hall–Kier alpha value is -3.93. The van der Waals surface area contributed by atoms with Crippen molar-refractivity contribution in [1.29, 1.82) is 0 Å². The van der Waals surface area contributed by atoms with Crippen LogP contribution in [0.15, 0.2) is 77.9 Å². The van der Waals surface area contributed by atoms with Crippen molar-refractivity contribution >= 4 is 22.4 Å². The van der Waals surface area contributed by atoms with E-state index in [2.05, 4.69) is 32.9 Å². The fourth-order valence-corrected chi connectivity index (χ4v) is 3.23. The van der Waals surface area contributed by atoms with E-state index >= 15 is 0 Å². The summed E-state index contributed by atoms with van der Waals surface area (Å²) in [5.41, 5.74) is 6.05. The van der Waals surface area contributed by atoms with Crippen LogP contribution >= 0.6 is 0 Å². The lowest BCUT2D eigenvalue weighted by Gasteiger charge is -2.06. The molecule has 6 nitrogen and oxygen atoms in total. The first-order valence-electron chi connectivity index (χ1n) is 9.19. The Balaban J connectivity index is 1.55. The molecule has 0 bridgehead atoms. The summed E-state index contributed by atoms with van der Waals surface area (Å²) in [6, 6.07) is 23.3. The molecule has 0 fully saturated rings. The van der Waals surface area contributed by atoms with E-state index in [0.717, 1.165) is 27.6 Å². The molecular weight excluding hydrogens is 364 g/mol. The lowest BCUT2D eigenvalue weighted by atomic mass is 10.0. The molecule has 2 N–H and O–H groups in total. The summed E-state index contributed by atoms with van der Waals surface area (Å²) in [7, 11) is 1.60. The number of carbonyl (C=O) groups is 1. The number of hydrogen-bond donors (Lipinski definition) is 2. The van der Waals surface area contributed by atoms with E-state index in [0.29, 0.717) is 17.1 Å². The molecule has 6 heteroatoms. The first-order chi connectivity index (χ1) is 14.2. The van der Waals surface area contributed by atoms with E-state index in [1.807, 2.05) is 61.5 Å². The molecule has 1 aromatic heterocycles. The number of H-pyrrole nitrogens is 1. The number of amides is 1. The molecule has 144 valence electrons. The van der Waals surface area contributed by atoms with Gasteiger partial charge in [0.15, 0.2) is 0 Å². The Kier molecular flexibility index (Phi) is 5.07. The van der Waals surface area contributed by atoms with Crippen LogP contribution in [-0.4, -0.2) is 28.9 Å². The van der Waals surface area contributed by atoms with E-state index in [1.165, 1.54) is 0 Å². The molecule has 0 aliphatic rings. The van der Waals surface area contributed by atoms with Gasteiger partial charge in [0.05, 0.1) is 18.5 Å². The van der Waals surface area contributed by atoms with Crippen LogP contribution in [0.1, 0.15) is 23.0 Å². The molecule has 3 aromatic carbocycles. The van der Waals surface area contributed by atoms with Gasteiger partial charge in [-0.2, -0.15) is 10.2 Å². The molecule has 29 heavy (non-hydrogen) atoms. The average Bonchev–Trinajstić information content (AvgIpc) is 3.27. The Bertz CT molecular complexity index is 1200. The maximum Gasteiger partial charge on any atom is 0.289 e. The zero-order chi connectivity index (χ0) is 20.2. The molecule has 0 unspecified atom stereocenters. The second-order valence-corrected chi connectivity index (χ2v) is 6.53. The van der Waals surface area contributed by atoms with E-state index in [4.69, 9.17) is 4.74 Å². The summed E-state index contributed by atoms with van der Waals surface area (Å²) in [6.07, 6.45) is 0. The van der Waals surface area contributed by atoms with Crippen LogP contribution in [0, 0.1) is 0 Å². The van der Waals surface area contributed by atoms with Crippen molar-refractivity contribution in [2.24, 2.45) is 5.10 Å². The van der Waals surface area contributed by atoms with Gasteiger partial charge >= 0.3 is 0 Å². The quantitative estimate of drug-likeness (QED) is 0.396. The van der Waals surface area contributed by atoms with Crippen LogP contribution in [0.5, 0.6) is 5.75 Å². The second kappa shape index (κ2) is 7.98. The maximum absolute atomic E-state index is 12.5. The highest BCUT2D eigenvalue weighted by Crippen LogP contribution is 2.28. The van der Waals surface area contributed by atoms with E-state index < -0.39 is 0 Å². The van der Waals surface area contributed by atoms with E-state index in [-0.39, 0.29) is 5.91 Å². The number of methoxy groups -OCH3 is 1. The molecule has 4 aromatic rings. The van der Waals surface area contributed by atoms with Gasteiger partial charge in [-0.1, -0.05) is 54.6 Å². The zero-order valence-electron chi connectivity index (χ0n) is 16.1. The minimum atomic E-state index is -0.363. The van der Waals surface area contributed by atoms with Gasteiger partial charge in [-0.05, 0) is 35.9 Å². The predicted octanol–water partition coefficient (Wildman–Crippen LogP) is 4.39. The number of fused-ring (bicyclic) bond motifs is 1. The SMILES string of the molecule is COc1ccccc1-c1cc(C(=O)N/N=C(\C)c2cccc3ccccc23)[nH]n1. The summed E-state index contributed by atoms with van der Waals surface area (Å²) < 4.78 is 5.36. The molecule has 0 saturated carbocycles. The lowest BCUT2D eigenvalue weighted by Crippen LogP contribution is -2.19. The van der Waals surface area contributed by atoms with Crippen LogP contribution in [0.25, 0.3) is 22.0 Å². The number of ether oxygens (including phenoxy) is 1. The Morgan fingerprint density at radius 3 is 2.66 bits per heavy atom. The molecule has 0 aliphatic heterocycles. The van der Waals surface area contributed by atoms with Gasteiger partial charge in [-0.3, -0.25) is 9.89 Å². The van der Waals surface area contributed by atoms with Crippen LogP contribution in [0.3, 0.4) is 0 Å². The number of para-hydroxylation sites is 1. The summed E-state index contributed by atoms with van der Waals surface area (Å²) in [5.74, 6) is 0.328. The van der Waals surface area contributed by atoms with Gasteiger partial charge < -0.3 is 4.74 Å². The fourth-order valence-electron chi connectivity index (χ4n) is 3.23. The third kappa shape index (κ3) is 3.73. The first kappa shape index (κ1) is 18.4. The molecule has 4 rings (SSSR count). The molecular formula is C23H20N4O2. The van der Waals surface area contributed by atoms with Crippen LogP contribution in [0.4, 0.5) is 0 Å². The zero-order valence-corrected chi connectivity index (χ0v) is 16.1. The molecule has 0 saturated heterocycles. The Morgan fingerprint density at radius 1 is 1.03 bits per heavy atom. The monoisotopic (exact) mass is 384 g/mol. The number of nitrogens with one attached hydrogen (secondary N) is 2. The molecule has 0 atom stereocenters. The number of aromatic nitrogens is 2. The number of hydrogen-bond acceptors (Lipinski definition) is 4. The van der Waals surface area contributed by atoms with Gasteiger partial charge in [-0.25, -0.2) is 5.43 Å². The highest BCUT2D eigenvalue weighted by molar-refractivity contribution is 6.10. The number of hydrazone groups is 1. The number of rotatable bonds is 5. The molecule has 0 radical (unpaired) electrons. The third-order valence-corrected chi connectivity index (χ3v) is 4.71. The number of aromatic amines is 1. The van der Waals surface area contributed by atoms with Crippen molar-refractivity contribution in [3.8, 4) is 17.0 Å². The Morgan fingerprint density at radius 2 is 1.79 bits per heavy atom.